The third kappa shape index (κ3) is 15.3. The average Bonchev–Trinajstić information content (AvgIpc) is 3.32. The summed E-state index contributed by atoms with van der Waals surface area (Å²) < 4.78 is 218. The monoisotopic (exact) mass is 1150 g/mol. The molecule has 77 heavy (non-hydrogen) atoms. The van der Waals surface area contributed by atoms with E-state index >= 15 is 8.78 Å². The summed E-state index contributed by atoms with van der Waals surface area (Å²) in [5.41, 5.74) is -2.47. The zero-order valence-electron chi connectivity index (χ0n) is 38.1. The maximum atomic E-state index is 15.1. The number of esters is 1. The molecule has 2 aromatic heterocycles. The number of benzene rings is 4. The van der Waals surface area contributed by atoms with Gasteiger partial charge in [-0.3, -0.25) is 14.4 Å². The number of primary amides is 1. The van der Waals surface area contributed by atoms with Gasteiger partial charge in [0.25, 0.3) is 17.7 Å². The molecule has 6 rings (SSSR count). The molecular formula is C45H27Cl2F14N5O11. The first kappa shape index (κ1) is 59.3. The molecule has 4 aromatic carbocycles. The standard InChI is InChI=1S/C23H14ClF7N2O6.C22H13ClF7N3O5/c1-36-17-7-10(39-23(29,30)31)3-5-15(17)38-16-6-4-11(22(26,27)28)19(25)18(16)20(34)33-13-8-14(21(35)37-2)32-9-12(13)24;1-36-16-6-9(38-22(28,29)30)2-4-14(16)37-15-5-3-10(21(25,26)27)18(24)17(15)20(35)33-12-7-13(19(31)34)32-8-11(12)23/h3-9H,1-2H3,(H,32,33,34);2-8H,1H3,(H2,31,34)(H,32,33,35). The molecule has 0 radical (unpaired) electrons. The molecule has 0 bridgehead atoms. The van der Waals surface area contributed by atoms with Crippen LogP contribution in [0.5, 0.6) is 46.0 Å². The Morgan fingerprint density at radius 2 is 0.883 bits per heavy atom. The lowest BCUT2D eigenvalue weighted by Crippen LogP contribution is -2.20. The number of methoxy groups -OCH3 is 3. The van der Waals surface area contributed by atoms with Gasteiger partial charge in [0.2, 0.25) is 0 Å². The molecule has 4 N–H and O–H groups in total. The predicted molar refractivity (Wildman–Crippen MR) is 237 cm³/mol. The van der Waals surface area contributed by atoms with Gasteiger partial charge in [0.15, 0.2) is 40.3 Å². The quantitative estimate of drug-likeness (QED) is 0.0686. The molecule has 0 atom stereocenters. The number of halogens is 16. The van der Waals surface area contributed by atoms with Crippen molar-refractivity contribution in [3.05, 3.63) is 141 Å². The van der Waals surface area contributed by atoms with Crippen LogP contribution in [0.1, 0.15) is 52.8 Å². The topological polar surface area (TPSA) is 209 Å². The van der Waals surface area contributed by atoms with Crippen LogP contribution in [0.3, 0.4) is 0 Å². The van der Waals surface area contributed by atoms with Crippen LogP contribution in [-0.4, -0.2) is 67.7 Å². The van der Waals surface area contributed by atoms with E-state index < -0.39 is 129 Å². The normalized spacial score (nSPS) is 11.6. The van der Waals surface area contributed by atoms with Crippen molar-refractivity contribution in [2.75, 3.05) is 32.0 Å². The molecular weight excluding hydrogens is 1120 g/mol. The number of carbonyl (C=O) groups is 4. The number of hydrogen-bond acceptors (Lipinski definition) is 13. The van der Waals surface area contributed by atoms with Gasteiger partial charge in [-0.05, 0) is 60.7 Å². The number of pyridine rings is 2. The minimum absolute atomic E-state index is 0.271. The molecule has 6 aromatic rings. The highest BCUT2D eigenvalue weighted by molar-refractivity contribution is 6.34. The summed E-state index contributed by atoms with van der Waals surface area (Å²) in [6.45, 7) is 0. The molecule has 3 amide bonds. The van der Waals surface area contributed by atoms with Crippen molar-refractivity contribution in [2.24, 2.45) is 5.73 Å². The first-order chi connectivity index (χ1) is 35.7. The Labute approximate surface area is 430 Å². The predicted octanol–water partition coefficient (Wildman–Crippen LogP) is 12.6. The van der Waals surface area contributed by atoms with E-state index in [1.54, 1.807) is 0 Å². The van der Waals surface area contributed by atoms with Crippen LogP contribution in [0.2, 0.25) is 10.0 Å². The first-order valence-electron chi connectivity index (χ1n) is 20.1. The van der Waals surface area contributed by atoms with Crippen molar-refractivity contribution in [1.29, 1.82) is 0 Å². The smallest absolute Gasteiger partial charge is 0.493 e. The van der Waals surface area contributed by atoms with E-state index in [4.69, 9.17) is 47.9 Å². The second-order valence-electron chi connectivity index (χ2n) is 14.4. The second kappa shape index (κ2) is 23.6. The molecule has 410 valence electrons. The van der Waals surface area contributed by atoms with E-state index in [1.165, 1.54) is 0 Å². The van der Waals surface area contributed by atoms with Gasteiger partial charge in [0.1, 0.15) is 39.8 Å². The number of aromatic nitrogens is 2. The summed E-state index contributed by atoms with van der Waals surface area (Å²) in [5.74, 6) is -13.7. The van der Waals surface area contributed by atoms with Gasteiger partial charge in [-0.15, -0.1) is 26.3 Å². The van der Waals surface area contributed by atoms with E-state index in [1.807, 2.05) is 5.32 Å². The Morgan fingerprint density at radius 1 is 0.519 bits per heavy atom. The highest BCUT2D eigenvalue weighted by Gasteiger charge is 2.40. The fraction of sp³-hybridized carbons (Fsp3) is 0.156. The van der Waals surface area contributed by atoms with Crippen molar-refractivity contribution in [3.63, 3.8) is 0 Å². The summed E-state index contributed by atoms with van der Waals surface area (Å²) in [5, 5.41) is 3.57. The van der Waals surface area contributed by atoms with E-state index in [-0.39, 0.29) is 32.8 Å². The molecule has 0 spiro atoms. The number of hydrogen-bond donors (Lipinski definition) is 3. The highest BCUT2D eigenvalue weighted by Crippen LogP contribution is 2.43. The van der Waals surface area contributed by atoms with Crippen molar-refractivity contribution in [2.45, 2.75) is 25.1 Å². The molecule has 0 aliphatic heterocycles. The lowest BCUT2D eigenvalue weighted by Gasteiger charge is -2.18. The number of alkyl halides is 12. The second-order valence-corrected chi connectivity index (χ2v) is 15.2. The van der Waals surface area contributed by atoms with E-state index in [9.17, 15) is 71.9 Å². The van der Waals surface area contributed by atoms with E-state index in [0.717, 1.165) is 82.3 Å². The SMILES string of the molecule is COC(=O)c1cc(NC(=O)c2c(Oc3ccc(OC(F)(F)F)cc3OC)ccc(C(F)(F)F)c2F)c(Cl)cn1.COc1cc(OC(F)(F)F)ccc1Oc1ccc(C(F)(F)F)c(F)c1C(=O)Nc1cc(C(N)=O)ncc1Cl. The molecule has 16 nitrogen and oxygen atoms in total. The van der Waals surface area contributed by atoms with Crippen molar-refractivity contribution in [3.8, 4) is 46.0 Å². The molecule has 0 fully saturated rings. The summed E-state index contributed by atoms with van der Waals surface area (Å²) in [4.78, 5) is 56.4. The number of ether oxygens (including phenoxy) is 7. The maximum absolute atomic E-state index is 15.1. The van der Waals surface area contributed by atoms with Crippen LogP contribution >= 0.6 is 23.2 Å². The molecule has 0 aliphatic rings. The number of carbonyl (C=O) groups excluding carboxylic acids is 4. The van der Waals surface area contributed by atoms with Gasteiger partial charge in [-0.25, -0.2) is 23.5 Å². The number of nitrogens with two attached hydrogens (primary N) is 1. The van der Waals surface area contributed by atoms with Gasteiger partial charge in [0.05, 0.1) is 53.9 Å². The first-order valence-corrected chi connectivity index (χ1v) is 20.8. The fourth-order valence-corrected chi connectivity index (χ4v) is 6.33. The number of nitrogens with zero attached hydrogens (tertiary/aromatic N) is 2. The summed E-state index contributed by atoms with van der Waals surface area (Å²) in [6.07, 6.45) is -18.7. The maximum Gasteiger partial charge on any atom is 0.573 e. The molecule has 32 heteroatoms. The molecule has 0 saturated carbocycles. The summed E-state index contributed by atoms with van der Waals surface area (Å²) in [6, 6.07) is 8.48. The average molecular weight is 1150 g/mol. The van der Waals surface area contributed by atoms with E-state index in [0.29, 0.717) is 24.3 Å². The van der Waals surface area contributed by atoms with Crippen LogP contribution in [0.25, 0.3) is 0 Å². The van der Waals surface area contributed by atoms with Crippen molar-refractivity contribution >= 4 is 58.3 Å². The third-order valence-electron chi connectivity index (χ3n) is 9.30. The van der Waals surface area contributed by atoms with Crippen LogP contribution in [0, 0.1) is 11.6 Å². The number of anilines is 2. The van der Waals surface area contributed by atoms with E-state index in [2.05, 4.69) is 29.5 Å². The molecule has 2 heterocycles. The minimum atomic E-state index is -5.22. The Bertz CT molecular complexity index is 3230. The van der Waals surface area contributed by atoms with Crippen molar-refractivity contribution < 1.29 is 114 Å². The Kier molecular flexibility index (Phi) is 18.2. The van der Waals surface area contributed by atoms with Gasteiger partial charge in [-0.2, -0.15) is 26.3 Å². The Balaban J connectivity index is 0.000000284. The number of rotatable bonds is 14. The van der Waals surface area contributed by atoms with Gasteiger partial charge in [0, 0.05) is 24.5 Å². The lowest BCUT2D eigenvalue weighted by atomic mass is 10.1. The van der Waals surface area contributed by atoms with Crippen molar-refractivity contribution in [1.82, 2.24) is 9.97 Å². The zero-order valence-corrected chi connectivity index (χ0v) is 39.6. The van der Waals surface area contributed by atoms with Gasteiger partial charge >= 0.3 is 31.0 Å². The number of amides is 3. The van der Waals surface area contributed by atoms with Crippen LogP contribution in [-0.2, 0) is 17.1 Å². The molecule has 0 aliphatic carbocycles. The number of nitrogens with one attached hydrogen (secondary N) is 2. The van der Waals surface area contributed by atoms with Crippen LogP contribution < -0.4 is 44.8 Å². The molecule has 0 unspecified atom stereocenters. The fourth-order valence-electron chi connectivity index (χ4n) is 6.03. The molecule has 0 saturated heterocycles. The lowest BCUT2D eigenvalue weighted by molar-refractivity contribution is -0.275. The summed E-state index contributed by atoms with van der Waals surface area (Å²) in [7, 11) is 3.10. The van der Waals surface area contributed by atoms with Crippen LogP contribution in [0.15, 0.2) is 85.2 Å². The Morgan fingerprint density at radius 3 is 1.22 bits per heavy atom. The Hall–Kier alpha value is -8.54. The van der Waals surface area contributed by atoms with Gasteiger partial charge in [-0.1, -0.05) is 23.2 Å². The summed E-state index contributed by atoms with van der Waals surface area (Å²) >= 11 is 11.8. The third-order valence-corrected chi connectivity index (χ3v) is 9.91. The van der Waals surface area contributed by atoms with Crippen LogP contribution in [0.4, 0.5) is 72.8 Å². The highest BCUT2D eigenvalue weighted by atomic mass is 35.5. The minimum Gasteiger partial charge on any atom is -0.493 e. The largest absolute Gasteiger partial charge is 0.573 e. The van der Waals surface area contributed by atoms with Gasteiger partial charge < -0.3 is 49.5 Å². The zero-order chi connectivity index (χ0) is 57.5.